The van der Waals surface area contributed by atoms with Gasteiger partial charge in [-0.2, -0.15) is 18.4 Å². The number of fused-ring (bicyclic) bond motifs is 2. The second-order valence-electron chi connectivity index (χ2n) is 10.5. The summed E-state index contributed by atoms with van der Waals surface area (Å²) < 4.78 is 55.9. The summed E-state index contributed by atoms with van der Waals surface area (Å²) in [5, 5.41) is 21.2. The summed E-state index contributed by atoms with van der Waals surface area (Å²) in [4.78, 5) is 38.1. The van der Waals surface area contributed by atoms with Crippen molar-refractivity contribution in [2.24, 2.45) is 0 Å². The lowest BCUT2D eigenvalue weighted by atomic mass is 10.0. The first-order chi connectivity index (χ1) is 22.9. The maximum Gasteiger partial charge on any atom is 0.420 e. The summed E-state index contributed by atoms with van der Waals surface area (Å²) in [5.74, 6) is -1.54. The first-order valence-electron chi connectivity index (χ1n) is 14.1. The monoisotopic (exact) mass is 691 g/mol. The number of nitrogens with zero attached hydrogens (tertiary/aromatic N) is 5. The molecule has 2 aromatic carbocycles. The Kier molecular flexibility index (Phi) is 8.50. The molecule has 0 aliphatic rings. The number of hydrogen-bond acceptors (Lipinski definition) is 9. The molecule has 15 heteroatoms. The van der Waals surface area contributed by atoms with Gasteiger partial charge in [0.2, 0.25) is 0 Å². The molecule has 0 aliphatic heterocycles. The first kappa shape index (κ1) is 32.4. The minimum Gasteiger partial charge on any atom is -0.491 e. The van der Waals surface area contributed by atoms with E-state index in [2.05, 4.69) is 15.0 Å². The molecule has 0 atom stereocenters. The molecule has 0 fully saturated rings. The smallest absolute Gasteiger partial charge is 0.420 e. The molecule has 10 nitrogen and oxygen atoms in total. The van der Waals surface area contributed by atoms with Gasteiger partial charge in [-0.1, -0.05) is 11.6 Å². The predicted molar refractivity (Wildman–Crippen MR) is 172 cm³/mol. The highest BCUT2D eigenvalue weighted by Gasteiger charge is 2.38. The molecule has 6 aromatic rings. The van der Waals surface area contributed by atoms with E-state index in [0.29, 0.717) is 43.9 Å². The number of hydrogen-bond donors (Lipinski definition) is 1. The minimum atomic E-state index is -4.93. The molecule has 1 N–H and O–H groups in total. The molecule has 242 valence electrons. The Morgan fingerprint density at radius 1 is 1.15 bits per heavy atom. The molecule has 6 rings (SSSR count). The Balaban J connectivity index is 1.39. The van der Waals surface area contributed by atoms with Gasteiger partial charge in [0.05, 0.1) is 39.4 Å². The van der Waals surface area contributed by atoms with Crippen molar-refractivity contribution in [1.29, 1.82) is 5.26 Å². The van der Waals surface area contributed by atoms with Gasteiger partial charge in [-0.05, 0) is 56.3 Å². The quantitative estimate of drug-likeness (QED) is 0.169. The van der Waals surface area contributed by atoms with E-state index in [1.54, 1.807) is 37.3 Å². The van der Waals surface area contributed by atoms with Crippen LogP contribution in [0.3, 0.4) is 0 Å². The molecule has 0 radical (unpaired) electrons. The zero-order valence-corrected chi connectivity index (χ0v) is 26.5. The van der Waals surface area contributed by atoms with Crippen LogP contribution >= 0.6 is 22.9 Å². The standard InChI is InChI=1S/C33H21ClF3N5O5S/c1-16-10-21(30-28(40-16)23(15-48-30)32(44)45)20-11-18(34)5-6-26(20)46-9-8-42-17(2)41-25-12-24(33(35,36)37)29(22(13-38)27(25)31(42)43)47-19-4-3-7-39-14-19/h3-7,10-12,14-15H,8-9H2,1-2H3,(H,44,45). The van der Waals surface area contributed by atoms with Gasteiger partial charge in [-0.25, -0.2) is 9.78 Å². The number of thiophene rings is 1. The fourth-order valence-corrected chi connectivity index (χ4v) is 6.44. The highest BCUT2D eigenvalue weighted by atomic mass is 35.5. The second kappa shape index (κ2) is 12.6. The number of benzene rings is 2. The van der Waals surface area contributed by atoms with E-state index >= 15 is 0 Å². The first-order valence-corrected chi connectivity index (χ1v) is 15.3. The Morgan fingerprint density at radius 2 is 1.94 bits per heavy atom. The third-order valence-corrected chi connectivity index (χ3v) is 8.59. The molecule has 48 heavy (non-hydrogen) atoms. The van der Waals surface area contributed by atoms with Gasteiger partial charge in [0.1, 0.15) is 41.1 Å². The van der Waals surface area contributed by atoms with Gasteiger partial charge in [-0.3, -0.25) is 19.3 Å². The van der Waals surface area contributed by atoms with E-state index < -0.39 is 34.6 Å². The molecule has 4 heterocycles. The summed E-state index contributed by atoms with van der Waals surface area (Å²) in [5.41, 5.74) is -0.791. The molecular weight excluding hydrogens is 671 g/mol. The van der Waals surface area contributed by atoms with Crippen LogP contribution in [-0.4, -0.2) is 37.2 Å². The van der Waals surface area contributed by atoms with Crippen molar-refractivity contribution in [1.82, 2.24) is 19.5 Å². The number of pyridine rings is 2. The van der Waals surface area contributed by atoms with Crippen LogP contribution in [0.5, 0.6) is 17.2 Å². The highest BCUT2D eigenvalue weighted by molar-refractivity contribution is 7.18. The molecule has 0 unspecified atom stereocenters. The molecule has 0 bridgehead atoms. The van der Waals surface area contributed by atoms with Crippen LogP contribution in [0.1, 0.15) is 33.0 Å². The maximum absolute atomic E-state index is 14.2. The van der Waals surface area contributed by atoms with E-state index in [-0.39, 0.29) is 41.2 Å². The van der Waals surface area contributed by atoms with Crippen LogP contribution in [0, 0.1) is 25.2 Å². The molecule has 0 spiro atoms. The van der Waals surface area contributed by atoms with E-state index in [0.717, 1.165) is 0 Å². The van der Waals surface area contributed by atoms with Crippen molar-refractivity contribution >= 4 is 50.0 Å². The average molecular weight is 692 g/mol. The van der Waals surface area contributed by atoms with Gasteiger partial charge in [0.25, 0.3) is 5.56 Å². The molecule has 0 saturated carbocycles. The fourth-order valence-electron chi connectivity index (χ4n) is 5.26. The third kappa shape index (κ3) is 6.01. The zero-order valence-electron chi connectivity index (χ0n) is 24.9. The predicted octanol–water partition coefficient (Wildman–Crippen LogP) is 7.80. The molecule has 0 aliphatic carbocycles. The number of alkyl halides is 3. The van der Waals surface area contributed by atoms with Gasteiger partial charge in [0.15, 0.2) is 5.75 Å². The number of aromatic nitrogens is 4. The number of carboxylic acids is 1. The summed E-state index contributed by atoms with van der Waals surface area (Å²) in [6.45, 7) is 3.01. The number of carboxylic acid groups (broad SMARTS) is 1. The lowest BCUT2D eigenvalue weighted by molar-refractivity contribution is -0.138. The number of aryl methyl sites for hydroxylation is 2. The van der Waals surface area contributed by atoms with Gasteiger partial charge < -0.3 is 14.6 Å². The van der Waals surface area contributed by atoms with Crippen molar-refractivity contribution < 1.29 is 32.5 Å². The number of rotatable bonds is 8. The van der Waals surface area contributed by atoms with E-state index in [4.69, 9.17) is 21.1 Å². The van der Waals surface area contributed by atoms with E-state index in [1.807, 2.05) is 0 Å². The Labute approximate surface area is 278 Å². The van der Waals surface area contributed by atoms with Gasteiger partial charge in [0, 0.05) is 33.4 Å². The topological polar surface area (TPSA) is 140 Å². The van der Waals surface area contributed by atoms with Crippen molar-refractivity contribution in [3.63, 3.8) is 0 Å². The minimum absolute atomic E-state index is 0.0604. The Morgan fingerprint density at radius 3 is 2.62 bits per heavy atom. The number of carbonyl (C=O) groups is 1. The SMILES string of the molecule is Cc1cc(-c2cc(Cl)ccc2OCCn2c(C)nc3cc(C(F)(F)F)c(Oc4cccnc4)c(C#N)c3c2=O)c2scc(C(=O)O)c2n1. The molecule has 4 aromatic heterocycles. The molecular formula is C33H21ClF3N5O5S. The van der Waals surface area contributed by atoms with E-state index in [9.17, 15) is 33.1 Å². The maximum atomic E-state index is 14.2. The largest absolute Gasteiger partial charge is 0.491 e. The van der Waals surface area contributed by atoms with Crippen LogP contribution in [0.4, 0.5) is 13.2 Å². The van der Waals surface area contributed by atoms with Crippen LogP contribution in [0.2, 0.25) is 5.02 Å². The zero-order chi connectivity index (χ0) is 34.3. The normalized spacial score (nSPS) is 11.5. The number of halogens is 4. The Bertz CT molecular complexity index is 2350. The van der Waals surface area contributed by atoms with Crippen molar-refractivity contribution in [2.75, 3.05) is 6.61 Å². The number of ether oxygens (including phenoxy) is 2. The average Bonchev–Trinajstić information content (AvgIpc) is 3.47. The van der Waals surface area contributed by atoms with Crippen LogP contribution in [-0.2, 0) is 12.7 Å². The molecule has 0 amide bonds. The van der Waals surface area contributed by atoms with Crippen LogP contribution in [0.25, 0.3) is 32.2 Å². The number of aromatic carboxylic acids is 1. The highest BCUT2D eigenvalue weighted by Crippen LogP contribution is 2.43. The molecule has 0 saturated heterocycles. The van der Waals surface area contributed by atoms with E-state index in [1.165, 1.54) is 52.7 Å². The number of nitriles is 1. The second-order valence-corrected chi connectivity index (χ2v) is 11.8. The van der Waals surface area contributed by atoms with Crippen molar-refractivity contribution in [2.45, 2.75) is 26.6 Å². The van der Waals surface area contributed by atoms with Crippen molar-refractivity contribution in [3.05, 3.63) is 104 Å². The lowest BCUT2D eigenvalue weighted by Crippen LogP contribution is -2.27. The lowest BCUT2D eigenvalue weighted by Gasteiger charge is -2.18. The van der Waals surface area contributed by atoms with Crippen LogP contribution < -0.4 is 15.0 Å². The van der Waals surface area contributed by atoms with Gasteiger partial charge in [-0.15, -0.1) is 11.3 Å². The summed E-state index contributed by atoms with van der Waals surface area (Å²) in [7, 11) is 0. The summed E-state index contributed by atoms with van der Waals surface area (Å²) in [6, 6.07) is 11.9. The summed E-state index contributed by atoms with van der Waals surface area (Å²) >= 11 is 7.56. The Hall–Kier alpha value is -5.52. The fraction of sp³-hybridized carbons (Fsp3) is 0.152. The summed E-state index contributed by atoms with van der Waals surface area (Å²) in [6.07, 6.45) is -2.34. The van der Waals surface area contributed by atoms with Crippen molar-refractivity contribution in [3.8, 4) is 34.4 Å². The third-order valence-electron chi connectivity index (χ3n) is 7.35. The van der Waals surface area contributed by atoms with Gasteiger partial charge >= 0.3 is 12.1 Å². The van der Waals surface area contributed by atoms with Crippen LogP contribution in [0.15, 0.2) is 65.0 Å².